The van der Waals surface area contributed by atoms with Gasteiger partial charge in [0.05, 0.1) is 0 Å². The SMILES string of the molecule is CCC(C)(OC)c1nc(CO)no1. The maximum atomic E-state index is 8.74. The molecule has 13 heavy (non-hydrogen) atoms. The number of nitrogens with zero attached hydrogens (tertiary/aromatic N) is 2. The quantitative estimate of drug-likeness (QED) is 0.754. The number of ether oxygens (including phenoxy) is 1. The Morgan fingerprint density at radius 3 is 2.69 bits per heavy atom. The number of aliphatic hydroxyl groups excluding tert-OH is 1. The highest BCUT2D eigenvalue weighted by Gasteiger charge is 2.30. The lowest BCUT2D eigenvalue weighted by Gasteiger charge is -2.21. The van der Waals surface area contributed by atoms with Crippen molar-refractivity contribution in [3.63, 3.8) is 0 Å². The molecule has 5 heteroatoms. The van der Waals surface area contributed by atoms with Crippen LogP contribution in [0.1, 0.15) is 32.0 Å². The summed E-state index contributed by atoms with van der Waals surface area (Å²) in [5.74, 6) is 0.688. The third kappa shape index (κ3) is 1.87. The van der Waals surface area contributed by atoms with Gasteiger partial charge in [-0.1, -0.05) is 12.1 Å². The van der Waals surface area contributed by atoms with Crippen molar-refractivity contribution in [1.82, 2.24) is 10.1 Å². The van der Waals surface area contributed by atoms with Crippen LogP contribution in [-0.4, -0.2) is 22.4 Å². The van der Waals surface area contributed by atoms with Gasteiger partial charge in [0.1, 0.15) is 12.2 Å². The molecule has 1 rings (SSSR count). The summed E-state index contributed by atoms with van der Waals surface area (Å²) < 4.78 is 10.2. The molecule has 0 amide bonds. The van der Waals surface area contributed by atoms with E-state index >= 15 is 0 Å². The second-order valence-electron chi connectivity index (χ2n) is 2.96. The van der Waals surface area contributed by atoms with Crippen molar-refractivity contribution in [3.8, 4) is 0 Å². The number of hydrogen-bond acceptors (Lipinski definition) is 5. The minimum Gasteiger partial charge on any atom is -0.388 e. The van der Waals surface area contributed by atoms with Gasteiger partial charge in [0.2, 0.25) is 0 Å². The fraction of sp³-hybridized carbons (Fsp3) is 0.750. The van der Waals surface area contributed by atoms with Gasteiger partial charge < -0.3 is 14.4 Å². The summed E-state index contributed by atoms with van der Waals surface area (Å²) in [6.45, 7) is 3.61. The van der Waals surface area contributed by atoms with Crippen LogP contribution in [0.15, 0.2) is 4.52 Å². The summed E-state index contributed by atoms with van der Waals surface area (Å²) >= 11 is 0. The van der Waals surface area contributed by atoms with Gasteiger partial charge in [-0.15, -0.1) is 0 Å². The minimum absolute atomic E-state index is 0.215. The summed E-state index contributed by atoms with van der Waals surface area (Å²) in [7, 11) is 1.59. The Balaban J connectivity index is 2.91. The van der Waals surface area contributed by atoms with E-state index in [9.17, 15) is 0 Å². The summed E-state index contributed by atoms with van der Waals surface area (Å²) in [6.07, 6.45) is 0.733. The van der Waals surface area contributed by atoms with Crippen LogP contribution >= 0.6 is 0 Å². The Kier molecular flexibility index (Phi) is 3.00. The minimum atomic E-state index is -0.555. The molecule has 0 radical (unpaired) electrons. The number of hydrogen-bond donors (Lipinski definition) is 1. The molecule has 5 nitrogen and oxygen atoms in total. The maximum Gasteiger partial charge on any atom is 0.258 e. The Bertz CT molecular complexity index is 268. The van der Waals surface area contributed by atoms with Crippen LogP contribution in [-0.2, 0) is 16.9 Å². The fourth-order valence-electron chi connectivity index (χ4n) is 0.916. The van der Waals surface area contributed by atoms with Gasteiger partial charge in [0, 0.05) is 7.11 Å². The first-order valence-corrected chi connectivity index (χ1v) is 4.15. The molecular formula is C8H14N2O3. The first kappa shape index (κ1) is 10.1. The largest absolute Gasteiger partial charge is 0.388 e. The molecule has 1 aromatic rings. The third-order valence-corrected chi connectivity index (χ3v) is 2.19. The molecular weight excluding hydrogens is 172 g/mol. The van der Waals surface area contributed by atoms with Gasteiger partial charge in [-0.05, 0) is 13.3 Å². The van der Waals surface area contributed by atoms with E-state index in [2.05, 4.69) is 10.1 Å². The van der Waals surface area contributed by atoms with Crippen LogP contribution in [0.3, 0.4) is 0 Å². The maximum absolute atomic E-state index is 8.74. The summed E-state index contributed by atoms with van der Waals surface area (Å²) in [5.41, 5.74) is -0.555. The molecule has 0 fully saturated rings. The average molecular weight is 186 g/mol. The van der Waals surface area contributed by atoms with Crippen LogP contribution in [0.2, 0.25) is 0 Å². The standard InChI is InChI=1S/C8H14N2O3/c1-4-8(2,12-3)7-9-6(5-11)10-13-7/h11H,4-5H2,1-3H3. The third-order valence-electron chi connectivity index (χ3n) is 2.19. The Morgan fingerprint density at radius 2 is 2.31 bits per heavy atom. The molecule has 0 saturated carbocycles. The molecule has 0 aromatic carbocycles. The summed E-state index contributed by atoms with van der Waals surface area (Å²) in [4.78, 5) is 3.99. The zero-order chi connectivity index (χ0) is 9.90. The predicted molar refractivity (Wildman–Crippen MR) is 44.9 cm³/mol. The molecule has 0 bridgehead atoms. The molecule has 0 saturated heterocycles. The normalized spacial score (nSPS) is 15.7. The molecule has 0 aliphatic carbocycles. The lowest BCUT2D eigenvalue weighted by Crippen LogP contribution is -2.23. The predicted octanol–water partition coefficient (Wildman–Crippen LogP) is 0.833. The van der Waals surface area contributed by atoms with Gasteiger partial charge >= 0.3 is 0 Å². The van der Waals surface area contributed by atoms with E-state index in [4.69, 9.17) is 14.4 Å². The van der Waals surface area contributed by atoms with Crippen LogP contribution < -0.4 is 0 Å². The molecule has 1 unspecified atom stereocenters. The van der Waals surface area contributed by atoms with Crippen molar-refractivity contribution in [2.75, 3.05) is 7.11 Å². The van der Waals surface area contributed by atoms with Crippen LogP contribution in [0.25, 0.3) is 0 Å². The van der Waals surface area contributed by atoms with Crippen molar-refractivity contribution in [2.45, 2.75) is 32.5 Å². The molecule has 0 aliphatic rings. The summed E-state index contributed by atoms with van der Waals surface area (Å²) in [5, 5.41) is 12.3. The monoisotopic (exact) mass is 186 g/mol. The zero-order valence-electron chi connectivity index (χ0n) is 8.07. The van der Waals surface area contributed by atoms with Gasteiger partial charge in [-0.3, -0.25) is 0 Å². The van der Waals surface area contributed by atoms with Gasteiger partial charge in [0.15, 0.2) is 5.82 Å². The van der Waals surface area contributed by atoms with Crippen molar-refractivity contribution in [2.24, 2.45) is 0 Å². The molecule has 0 aliphatic heterocycles. The van der Waals surface area contributed by atoms with E-state index in [-0.39, 0.29) is 12.4 Å². The topological polar surface area (TPSA) is 68.4 Å². The Morgan fingerprint density at radius 1 is 1.62 bits per heavy atom. The van der Waals surface area contributed by atoms with Gasteiger partial charge in [-0.2, -0.15) is 4.98 Å². The average Bonchev–Trinajstić information content (AvgIpc) is 2.65. The second-order valence-corrected chi connectivity index (χ2v) is 2.96. The van der Waals surface area contributed by atoms with Crippen LogP contribution in [0, 0.1) is 0 Å². The van der Waals surface area contributed by atoms with E-state index in [1.165, 1.54) is 0 Å². The Labute approximate surface area is 76.7 Å². The van der Waals surface area contributed by atoms with Crippen LogP contribution in [0.5, 0.6) is 0 Å². The lowest BCUT2D eigenvalue weighted by molar-refractivity contribution is -0.0272. The highest BCUT2D eigenvalue weighted by Crippen LogP contribution is 2.26. The van der Waals surface area contributed by atoms with E-state index in [1.807, 2.05) is 13.8 Å². The summed E-state index contributed by atoms with van der Waals surface area (Å²) in [6, 6.07) is 0. The smallest absolute Gasteiger partial charge is 0.258 e. The van der Waals surface area contributed by atoms with Gasteiger partial charge in [-0.25, -0.2) is 0 Å². The zero-order valence-corrected chi connectivity index (χ0v) is 8.07. The number of aliphatic hydroxyl groups is 1. The first-order valence-electron chi connectivity index (χ1n) is 4.15. The van der Waals surface area contributed by atoms with E-state index in [1.54, 1.807) is 7.11 Å². The molecule has 74 valence electrons. The number of methoxy groups -OCH3 is 1. The first-order chi connectivity index (χ1) is 6.16. The molecule has 1 aromatic heterocycles. The Hall–Kier alpha value is -0.940. The highest BCUT2D eigenvalue weighted by molar-refractivity contribution is 4.96. The van der Waals surface area contributed by atoms with Crippen molar-refractivity contribution >= 4 is 0 Å². The second kappa shape index (κ2) is 3.85. The van der Waals surface area contributed by atoms with Crippen LogP contribution in [0.4, 0.5) is 0 Å². The van der Waals surface area contributed by atoms with E-state index in [0.717, 1.165) is 6.42 Å². The highest BCUT2D eigenvalue weighted by atomic mass is 16.5. The molecule has 1 atom stereocenters. The fourth-order valence-corrected chi connectivity index (χ4v) is 0.916. The number of rotatable bonds is 4. The lowest BCUT2D eigenvalue weighted by atomic mass is 10.0. The van der Waals surface area contributed by atoms with Crippen molar-refractivity contribution in [1.29, 1.82) is 0 Å². The van der Waals surface area contributed by atoms with E-state index in [0.29, 0.717) is 5.89 Å². The molecule has 1 N–H and O–H groups in total. The molecule has 1 heterocycles. The van der Waals surface area contributed by atoms with E-state index < -0.39 is 5.60 Å². The number of aromatic nitrogens is 2. The molecule has 0 spiro atoms. The van der Waals surface area contributed by atoms with Crippen molar-refractivity contribution < 1.29 is 14.4 Å². The van der Waals surface area contributed by atoms with Crippen molar-refractivity contribution in [3.05, 3.63) is 11.7 Å². The van der Waals surface area contributed by atoms with Gasteiger partial charge in [0.25, 0.3) is 5.89 Å².